The second-order valence-corrected chi connectivity index (χ2v) is 6.72. The fourth-order valence-electron chi connectivity index (χ4n) is 3.07. The molecule has 3 aromatic carbocycles. The molecule has 0 heterocycles. The Bertz CT molecular complexity index is 798. The standard InChI is InChI=1S/C24H27NO2/c1-27-23-13-11-21(12-14-23)17-20-9-7-19(8-10-20)15-16-25-18-24(26)22-5-3-2-4-6-22/h2-14,24-26H,15-18H2,1H3. The second kappa shape index (κ2) is 9.91. The van der Waals surface area contributed by atoms with Crippen molar-refractivity contribution in [2.45, 2.75) is 18.9 Å². The van der Waals surface area contributed by atoms with E-state index in [2.05, 4.69) is 41.7 Å². The summed E-state index contributed by atoms with van der Waals surface area (Å²) in [6.45, 7) is 1.42. The Labute approximate surface area is 161 Å². The molecule has 140 valence electrons. The molecule has 0 amide bonds. The Morgan fingerprint density at radius 3 is 2.04 bits per heavy atom. The number of benzene rings is 3. The Morgan fingerprint density at radius 1 is 0.815 bits per heavy atom. The Morgan fingerprint density at radius 2 is 1.41 bits per heavy atom. The second-order valence-electron chi connectivity index (χ2n) is 6.72. The summed E-state index contributed by atoms with van der Waals surface area (Å²) in [6, 6.07) is 26.7. The molecule has 1 atom stereocenters. The van der Waals surface area contributed by atoms with Gasteiger partial charge < -0.3 is 15.2 Å². The van der Waals surface area contributed by atoms with E-state index in [1.54, 1.807) is 7.11 Å². The monoisotopic (exact) mass is 361 g/mol. The van der Waals surface area contributed by atoms with Crippen molar-refractivity contribution in [3.05, 3.63) is 101 Å². The molecular weight excluding hydrogens is 334 g/mol. The summed E-state index contributed by atoms with van der Waals surface area (Å²) in [5.41, 5.74) is 4.83. The summed E-state index contributed by atoms with van der Waals surface area (Å²) >= 11 is 0. The molecule has 3 rings (SSSR count). The summed E-state index contributed by atoms with van der Waals surface area (Å²) in [4.78, 5) is 0. The number of nitrogens with one attached hydrogen (secondary N) is 1. The van der Waals surface area contributed by atoms with E-state index in [9.17, 15) is 5.11 Å². The van der Waals surface area contributed by atoms with Crippen LogP contribution in [0.1, 0.15) is 28.4 Å². The summed E-state index contributed by atoms with van der Waals surface area (Å²) in [5, 5.41) is 13.5. The molecule has 0 saturated heterocycles. The molecule has 0 aliphatic rings. The molecule has 1 unspecified atom stereocenters. The first-order valence-electron chi connectivity index (χ1n) is 9.39. The van der Waals surface area contributed by atoms with Crippen LogP contribution in [0.15, 0.2) is 78.9 Å². The summed E-state index contributed by atoms with van der Waals surface area (Å²) in [5.74, 6) is 0.888. The van der Waals surface area contributed by atoms with E-state index >= 15 is 0 Å². The van der Waals surface area contributed by atoms with E-state index in [-0.39, 0.29) is 0 Å². The number of hydrogen-bond donors (Lipinski definition) is 2. The minimum Gasteiger partial charge on any atom is -0.497 e. The molecule has 27 heavy (non-hydrogen) atoms. The van der Waals surface area contributed by atoms with Crippen LogP contribution in [0.3, 0.4) is 0 Å². The van der Waals surface area contributed by atoms with Crippen LogP contribution in [-0.4, -0.2) is 25.3 Å². The topological polar surface area (TPSA) is 41.5 Å². The van der Waals surface area contributed by atoms with Crippen LogP contribution in [-0.2, 0) is 12.8 Å². The first-order chi connectivity index (χ1) is 13.2. The highest BCUT2D eigenvalue weighted by molar-refractivity contribution is 5.32. The van der Waals surface area contributed by atoms with Gasteiger partial charge in [0.05, 0.1) is 13.2 Å². The number of ether oxygens (including phenoxy) is 1. The lowest BCUT2D eigenvalue weighted by Crippen LogP contribution is -2.23. The molecule has 0 saturated carbocycles. The van der Waals surface area contributed by atoms with Crippen molar-refractivity contribution in [1.82, 2.24) is 5.32 Å². The molecule has 3 aromatic rings. The first-order valence-corrected chi connectivity index (χ1v) is 9.39. The zero-order valence-corrected chi connectivity index (χ0v) is 15.8. The van der Waals surface area contributed by atoms with E-state index in [1.165, 1.54) is 16.7 Å². The lowest BCUT2D eigenvalue weighted by molar-refractivity contribution is 0.175. The molecule has 0 aliphatic heterocycles. The van der Waals surface area contributed by atoms with Crippen LogP contribution in [0.2, 0.25) is 0 Å². The molecule has 0 bridgehead atoms. The van der Waals surface area contributed by atoms with Gasteiger partial charge in [-0.15, -0.1) is 0 Å². The summed E-state index contributed by atoms with van der Waals surface area (Å²) in [6.07, 6.45) is 1.41. The van der Waals surface area contributed by atoms with Crippen molar-refractivity contribution in [2.75, 3.05) is 20.2 Å². The maximum absolute atomic E-state index is 10.2. The minimum absolute atomic E-state index is 0.460. The zero-order valence-electron chi connectivity index (χ0n) is 15.8. The molecule has 0 spiro atoms. The van der Waals surface area contributed by atoms with Gasteiger partial charge in [0.1, 0.15) is 5.75 Å². The SMILES string of the molecule is COc1ccc(Cc2ccc(CCNCC(O)c3ccccc3)cc2)cc1. The van der Waals surface area contributed by atoms with Gasteiger partial charge in [0.25, 0.3) is 0 Å². The van der Waals surface area contributed by atoms with Gasteiger partial charge in [0, 0.05) is 6.54 Å². The Kier molecular flexibility index (Phi) is 7.03. The van der Waals surface area contributed by atoms with Gasteiger partial charge in [0.15, 0.2) is 0 Å². The Hall–Kier alpha value is -2.62. The minimum atomic E-state index is -0.460. The van der Waals surface area contributed by atoms with Crippen molar-refractivity contribution in [2.24, 2.45) is 0 Å². The summed E-state index contributed by atoms with van der Waals surface area (Å²) < 4.78 is 5.20. The van der Waals surface area contributed by atoms with E-state index in [4.69, 9.17) is 4.74 Å². The van der Waals surface area contributed by atoms with Crippen molar-refractivity contribution in [1.29, 1.82) is 0 Å². The van der Waals surface area contributed by atoms with Gasteiger partial charge >= 0.3 is 0 Å². The van der Waals surface area contributed by atoms with Crippen LogP contribution in [0.25, 0.3) is 0 Å². The lowest BCUT2D eigenvalue weighted by atomic mass is 10.0. The number of hydrogen-bond acceptors (Lipinski definition) is 3. The summed E-state index contributed by atoms with van der Waals surface area (Å²) in [7, 11) is 1.69. The maximum atomic E-state index is 10.2. The quantitative estimate of drug-likeness (QED) is 0.563. The molecule has 3 heteroatoms. The van der Waals surface area contributed by atoms with Crippen LogP contribution >= 0.6 is 0 Å². The molecule has 0 aliphatic carbocycles. The zero-order chi connectivity index (χ0) is 18.9. The molecule has 0 fully saturated rings. The van der Waals surface area contributed by atoms with Gasteiger partial charge in [-0.25, -0.2) is 0 Å². The molecule has 0 aromatic heterocycles. The van der Waals surface area contributed by atoms with E-state index < -0.39 is 6.10 Å². The van der Waals surface area contributed by atoms with E-state index in [1.807, 2.05) is 42.5 Å². The number of methoxy groups -OCH3 is 1. The van der Waals surface area contributed by atoms with Gasteiger partial charge in [-0.05, 0) is 53.8 Å². The first kappa shape index (κ1) is 19.2. The van der Waals surface area contributed by atoms with Gasteiger partial charge in [-0.3, -0.25) is 0 Å². The van der Waals surface area contributed by atoms with Crippen LogP contribution in [0.5, 0.6) is 5.75 Å². The third kappa shape index (κ3) is 5.95. The van der Waals surface area contributed by atoms with Crippen LogP contribution < -0.4 is 10.1 Å². The smallest absolute Gasteiger partial charge is 0.118 e. The largest absolute Gasteiger partial charge is 0.497 e. The van der Waals surface area contributed by atoms with Crippen molar-refractivity contribution < 1.29 is 9.84 Å². The van der Waals surface area contributed by atoms with Crippen LogP contribution in [0.4, 0.5) is 0 Å². The van der Waals surface area contributed by atoms with Crippen molar-refractivity contribution in [3.8, 4) is 5.75 Å². The number of rotatable bonds is 9. The van der Waals surface area contributed by atoms with Gasteiger partial charge in [-0.1, -0.05) is 66.7 Å². The number of aliphatic hydroxyl groups excluding tert-OH is 1. The molecule has 3 nitrogen and oxygen atoms in total. The highest BCUT2D eigenvalue weighted by Crippen LogP contribution is 2.15. The average molecular weight is 361 g/mol. The van der Waals surface area contributed by atoms with Gasteiger partial charge in [0.2, 0.25) is 0 Å². The maximum Gasteiger partial charge on any atom is 0.118 e. The third-order valence-electron chi connectivity index (χ3n) is 4.70. The third-order valence-corrected chi connectivity index (χ3v) is 4.70. The van der Waals surface area contributed by atoms with Crippen molar-refractivity contribution >= 4 is 0 Å². The normalized spacial score (nSPS) is 11.9. The lowest BCUT2D eigenvalue weighted by Gasteiger charge is -2.12. The van der Waals surface area contributed by atoms with Crippen LogP contribution in [0, 0.1) is 0 Å². The van der Waals surface area contributed by atoms with Gasteiger partial charge in [-0.2, -0.15) is 0 Å². The van der Waals surface area contributed by atoms with Crippen molar-refractivity contribution in [3.63, 3.8) is 0 Å². The Balaban J connectivity index is 1.42. The molecular formula is C24H27NO2. The highest BCUT2D eigenvalue weighted by atomic mass is 16.5. The molecule has 2 N–H and O–H groups in total. The fourth-order valence-corrected chi connectivity index (χ4v) is 3.07. The molecule has 0 radical (unpaired) electrons. The predicted molar refractivity (Wildman–Crippen MR) is 110 cm³/mol. The predicted octanol–water partition coefficient (Wildman–Crippen LogP) is 4.15. The average Bonchev–Trinajstić information content (AvgIpc) is 2.73. The fraction of sp³-hybridized carbons (Fsp3) is 0.250. The van der Waals surface area contributed by atoms with E-state index in [0.717, 1.165) is 30.7 Å². The highest BCUT2D eigenvalue weighted by Gasteiger charge is 2.05. The number of aliphatic hydroxyl groups is 1. The van der Waals surface area contributed by atoms with E-state index in [0.29, 0.717) is 6.54 Å².